The Balaban J connectivity index is 1.29. The number of nitrogens with one attached hydrogen (secondary N) is 2. The fraction of sp³-hybridized carbons (Fsp3) is 0.458. The Morgan fingerprint density at radius 1 is 1.16 bits per heavy atom. The molecule has 0 aromatic heterocycles. The van der Waals surface area contributed by atoms with Crippen LogP contribution in [0.3, 0.4) is 0 Å². The van der Waals surface area contributed by atoms with Crippen LogP contribution in [0.5, 0.6) is 0 Å². The Bertz CT molecular complexity index is 901. The van der Waals surface area contributed by atoms with Gasteiger partial charge in [0.05, 0.1) is 17.4 Å². The number of hydrogen-bond donors (Lipinski definition) is 3. The summed E-state index contributed by atoms with van der Waals surface area (Å²) in [5, 5.41) is 16.3. The van der Waals surface area contributed by atoms with Crippen LogP contribution < -0.4 is 10.6 Å². The normalized spacial score (nSPS) is 18.3. The predicted molar refractivity (Wildman–Crippen MR) is 118 cm³/mol. The molecule has 2 aliphatic heterocycles. The van der Waals surface area contributed by atoms with E-state index >= 15 is 0 Å². The van der Waals surface area contributed by atoms with Gasteiger partial charge in [-0.15, -0.1) is 0 Å². The average Bonchev–Trinajstić information content (AvgIpc) is 2.79. The quantitative estimate of drug-likeness (QED) is 0.633. The third-order valence-electron chi connectivity index (χ3n) is 6.00. The van der Waals surface area contributed by atoms with Gasteiger partial charge in [-0.05, 0) is 42.5 Å². The number of β-amino-alcohol motifs (C(OH)–C–C–N with tert-alkyl or cyclic N) is 1. The summed E-state index contributed by atoms with van der Waals surface area (Å²) in [6.07, 6.45) is 1.85. The second-order valence-electron chi connectivity index (χ2n) is 8.32. The van der Waals surface area contributed by atoms with Crippen molar-refractivity contribution in [1.29, 1.82) is 0 Å². The molecule has 0 radical (unpaired) electrons. The van der Waals surface area contributed by atoms with Crippen molar-refractivity contribution < 1.29 is 19.0 Å². The first-order valence-electron chi connectivity index (χ1n) is 11.0. The Hall–Kier alpha value is -2.48. The highest BCUT2D eigenvalue weighted by Crippen LogP contribution is 2.22. The molecule has 0 aliphatic carbocycles. The van der Waals surface area contributed by atoms with E-state index in [1.54, 1.807) is 12.1 Å². The lowest BCUT2D eigenvalue weighted by atomic mass is 10.00. The molecular formula is C24H30FN3O3. The van der Waals surface area contributed by atoms with Crippen molar-refractivity contribution in [3.05, 3.63) is 65.0 Å². The Morgan fingerprint density at radius 2 is 1.94 bits per heavy atom. The summed E-state index contributed by atoms with van der Waals surface area (Å²) >= 11 is 0. The van der Waals surface area contributed by atoms with Gasteiger partial charge in [-0.1, -0.05) is 30.3 Å². The number of fused-ring (bicyclic) bond motifs is 1. The summed E-state index contributed by atoms with van der Waals surface area (Å²) in [6.45, 7) is 3.50. The minimum Gasteiger partial charge on any atom is -0.390 e. The molecule has 6 nitrogen and oxygen atoms in total. The number of carbonyl (C=O) groups is 1. The highest BCUT2D eigenvalue weighted by Gasteiger charge is 2.21. The minimum absolute atomic E-state index is 0.0174. The van der Waals surface area contributed by atoms with E-state index in [1.807, 2.05) is 12.1 Å². The van der Waals surface area contributed by atoms with Crippen LogP contribution in [0.4, 0.5) is 10.1 Å². The van der Waals surface area contributed by atoms with Crippen molar-refractivity contribution in [1.82, 2.24) is 10.2 Å². The second-order valence-corrected chi connectivity index (χ2v) is 8.32. The number of carbonyl (C=O) groups excluding carboxylic acids is 1. The van der Waals surface area contributed by atoms with Crippen LogP contribution in [0.15, 0.2) is 42.5 Å². The molecule has 0 bridgehead atoms. The van der Waals surface area contributed by atoms with E-state index in [1.165, 1.54) is 17.2 Å². The Morgan fingerprint density at radius 3 is 2.74 bits per heavy atom. The van der Waals surface area contributed by atoms with Gasteiger partial charge in [0, 0.05) is 45.4 Å². The molecule has 1 amide bonds. The second kappa shape index (κ2) is 10.2. The largest absolute Gasteiger partial charge is 0.390 e. The first kappa shape index (κ1) is 21.7. The van der Waals surface area contributed by atoms with Crippen molar-refractivity contribution in [2.45, 2.75) is 38.0 Å². The fourth-order valence-electron chi connectivity index (χ4n) is 4.26. The zero-order valence-electron chi connectivity index (χ0n) is 17.6. The SMILES string of the molecule is O=C(NCC(O)CN1CCc2ccccc2C1)c1cccc(NC2CCOCC2)c1F. The van der Waals surface area contributed by atoms with Crippen LogP contribution in [-0.2, 0) is 17.7 Å². The third-order valence-corrected chi connectivity index (χ3v) is 6.00. The summed E-state index contributed by atoms with van der Waals surface area (Å²) < 4.78 is 20.2. The molecule has 2 aliphatic rings. The maximum Gasteiger partial charge on any atom is 0.254 e. The molecule has 0 saturated carbocycles. The Labute approximate surface area is 182 Å². The van der Waals surface area contributed by atoms with Gasteiger partial charge in [0.1, 0.15) is 0 Å². The molecule has 166 valence electrons. The topological polar surface area (TPSA) is 73.8 Å². The smallest absolute Gasteiger partial charge is 0.254 e. The van der Waals surface area contributed by atoms with Crippen LogP contribution >= 0.6 is 0 Å². The first-order chi connectivity index (χ1) is 15.1. The number of ether oxygens (including phenoxy) is 1. The van der Waals surface area contributed by atoms with Crippen LogP contribution in [0.2, 0.25) is 0 Å². The van der Waals surface area contributed by atoms with Crippen LogP contribution in [0.1, 0.15) is 34.3 Å². The molecule has 1 fully saturated rings. The van der Waals surface area contributed by atoms with Crippen molar-refractivity contribution in [2.24, 2.45) is 0 Å². The maximum atomic E-state index is 14.9. The lowest BCUT2D eigenvalue weighted by molar-refractivity contribution is 0.0838. The minimum atomic E-state index is -0.721. The van der Waals surface area contributed by atoms with E-state index in [2.05, 4.69) is 27.7 Å². The summed E-state index contributed by atoms with van der Waals surface area (Å²) in [6, 6.07) is 13.2. The standard InChI is InChI=1S/C24H30FN3O3/c25-23-21(6-3-7-22(23)27-19-9-12-31-13-10-19)24(30)26-14-20(29)16-28-11-8-17-4-1-2-5-18(17)15-28/h1-7,19-20,27,29H,8-16H2,(H,26,30). The maximum absolute atomic E-state index is 14.9. The zero-order valence-corrected chi connectivity index (χ0v) is 17.6. The van der Waals surface area contributed by atoms with Gasteiger partial charge in [0.25, 0.3) is 5.91 Å². The molecular weight excluding hydrogens is 397 g/mol. The number of amides is 1. The molecule has 2 aromatic carbocycles. The van der Waals surface area contributed by atoms with Crippen molar-refractivity contribution in [3.8, 4) is 0 Å². The number of aliphatic hydroxyl groups excluding tert-OH is 1. The number of rotatable bonds is 7. The molecule has 0 spiro atoms. The van der Waals surface area contributed by atoms with E-state index in [0.717, 1.165) is 32.4 Å². The van der Waals surface area contributed by atoms with Gasteiger partial charge < -0.3 is 20.5 Å². The van der Waals surface area contributed by atoms with Crippen LogP contribution in [0, 0.1) is 5.82 Å². The lowest BCUT2D eigenvalue weighted by Gasteiger charge is -2.30. The first-order valence-corrected chi connectivity index (χ1v) is 11.0. The van der Waals surface area contributed by atoms with Gasteiger partial charge in [0.15, 0.2) is 5.82 Å². The van der Waals surface area contributed by atoms with Gasteiger partial charge in [-0.3, -0.25) is 9.69 Å². The molecule has 4 rings (SSSR count). The molecule has 3 N–H and O–H groups in total. The zero-order chi connectivity index (χ0) is 21.6. The number of hydrogen-bond acceptors (Lipinski definition) is 5. The number of aliphatic hydroxyl groups is 1. The third kappa shape index (κ3) is 5.61. The molecule has 2 aromatic rings. The van der Waals surface area contributed by atoms with E-state index < -0.39 is 17.8 Å². The molecule has 1 saturated heterocycles. The summed E-state index contributed by atoms with van der Waals surface area (Å²) in [4.78, 5) is 14.7. The van der Waals surface area contributed by atoms with Crippen LogP contribution in [-0.4, -0.2) is 60.9 Å². The lowest BCUT2D eigenvalue weighted by Crippen LogP contribution is -2.42. The highest BCUT2D eigenvalue weighted by molar-refractivity contribution is 5.95. The average molecular weight is 428 g/mol. The monoisotopic (exact) mass is 427 g/mol. The van der Waals surface area contributed by atoms with Gasteiger partial charge >= 0.3 is 0 Å². The van der Waals surface area contributed by atoms with E-state index in [-0.39, 0.29) is 18.2 Å². The molecule has 1 atom stereocenters. The predicted octanol–water partition coefficient (Wildman–Crippen LogP) is 2.57. The summed E-state index contributed by atoms with van der Waals surface area (Å²) in [7, 11) is 0. The molecule has 1 unspecified atom stereocenters. The number of anilines is 1. The van der Waals surface area contributed by atoms with Crippen molar-refractivity contribution in [2.75, 3.05) is 38.2 Å². The van der Waals surface area contributed by atoms with Crippen molar-refractivity contribution in [3.63, 3.8) is 0 Å². The van der Waals surface area contributed by atoms with Gasteiger partial charge in [0.2, 0.25) is 0 Å². The summed E-state index contributed by atoms with van der Waals surface area (Å²) in [5.74, 6) is -1.08. The van der Waals surface area contributed by atoms with Gasteiger partial charge in [-0.25, -0.2) is 4.39 Å². The molecule has 7 heteroatoms. The molecule has 31 heavy (non-hydrogen) atoms. The number of nitrogens with zero attached hydrogens (tertiary/aromatic N) is 1. The molecule has 2 heterocycles. The Kier molecular flexibility index (Phi) is 7.17. The number of halogens is 1. The fourth-order valence-corrected chi connectivity index (χ4v) is 4.26. The van der Waals surface area contributed by atoms with E-state index in [4.69, 9.17) is 4.74 Å². The highest BCUT2D eigenvalue weighted by atomic mass is 19.1. The van der Waals surface area contributed by atoms with Crippen LogP contribution in [0.25, 0.3) is 0 Å². The van der Waals surface area contributed by atoms with E-state index in [0.29, 0.717) is 25.4 Å². The summed E-state index contributed by atoms with van der Waals surface area (Å²) in [5.41, 5.74) is 2.94. The van der Waals surface area contributed by atoms with Gasteiger partial charge in [-0.2, -0.15) is 0 Å². The van der Waals surface area contributed by atoms with E-state index in [9.17, 15) is 14.3 Å². The number of benzene rings is 2. The van der Waals surface area contributed by atoms with Crippen molar-refractivity contribution >= 4 is 11.6 Å².